The summed E-state index contributed by atoms with van der Waals surface area (Å²) >= 11 is 0. The lowest BCUT2D eigenvalue weighted by Crippen LogP contribution is -2.18. The van der Waals surface area contributed by atoms with Crippen LogP contribution in [0.3, 0.4) is 0 Å². The summed E-state index contributed by atoms with van der Waals surface area (Å²) in [7, 11) is 0. The van der Waals surface area contributed by atoms with Crippen LogP contribution < -0.4 is 10.3 Å². The maximum atomic E-state index is 12.0. The number of carboxylic acids is 1. The molecule has 0 aliphatic carbocycles. The van der Waals surface area contributed by atoms with Gasteiger partial charge in [0.05, 0.1) is 5.69 Å². The SMILES string of the molecule is O=C(O)c1cc(-c2ccc(OC(F)(F)F)cc2)n[nH]c1=O. The van der Waals surface area contributed by atoms with Gasteiger partial charge in [0.2, 0.25) is 0 Å². The smallest absolute Gasteiger partial charge is 0.477 e. The number of ether oxygens (including phenoxy) is 1. The van der Waals surface area contributed by atoms with Crippen LogP contribution >= 0.6 is 0 Å². The third-order valence-electron chi connectivity index (χ3n) is 2.42. The zero-order valence-electron chi connectivity index (χ0n) is 10.1. The van der Waals surface area contributed by atoms with E-state index < -0.39 is 29.2 Å². The molecule has 21 heavy (non-hydrogen) atoms. The van der Waals surface area contributed by atoms with Crippen molar-refractivity contribution in [3.8, 4) is 17.0 Å². The van der Waals surface area contributed by atoms with E-state index in [0.29, 0.717) is 5.56 Å². The van der Waals surface area contributed by atoms with Crippen LogP contribution in [0.15, 0.2) is 35.1 Å². The average molecular weight is 300 g/mol. The van der Waals surface area contributed by atoms with E-state index in [-0.39, 0.29) is 5.69 Å². The molecular formula is C12H7F3N2O4. The number of aromatic amines is 1. The molecule has 0 saturated heterocycles. The van der Waals surface area contributed by atoms with Gasteiger partial charge in [0.1, 0.15) is 11.3 Å². The fraction of sp³-hybridized carbons (Fsp3) is 0.0833. The number of H-pyrrole nitrogens is 1. The minimum Gasteiger partial charge on any atom is -0.477 e. The van der Waals surface area contributed by atoms with Crippen molar-refractivity contribution in [2.24, 2.45) is 0 Å². The highest BCUT2D eigenvalue weighted by Gasteiger charge is 2.31. The number of aromatic carboxylic acids is 1. The largest absolute Gasteiger partial charge is 0.573 e. The summed E-state index contributed by atoms with van der Waals surface area (Å²) in [5.41, 5.74) is -0.965. The van der Waals surface area contributed by atoms with Crippen molar-refractivity contribution in [3.63, 3.8) is 0 Å². The number of alkyl halides is 3. The van der Waals surface area contributed by atoms with Crippen molar-refractivity contribution in [3.05, 3.63) is 46.2 Å². The Morgan fingerprint density at radius 2 is 1.86 bits per heavy atom. The third-order valence-corrected chi connectivity index (χ3v) is 2.42. The molecule has 0 spiro atoms. The molecule has 1 aromatic carbocycles. The topological polar surface area (TPSA) is 92.3 Å². The Morgan fingerprint density at radius 1 is 1.24 bits per heavy atom. The van der Waals surface area contributed by atoms with Crippen LogP contribution in [0.2, 0.25) is 0 Å². The van der Waals surface area contributed by atoms with E-state index in [1.165, 1.54) is 12.1 Å². The molecule has 0 saturated carbocycles. The average Bonchev–Trinajstić information content (AvgIpc) is 2.38. The van der Waals surface area contributed by atoms with E-state index in [9.17, 15) is 22.8 Å². The van der Waals surface area contributed by atoms with Gasteiger partial charge in [0, 0.05) is 5.56 Å². The second kappa shape index (κ2) is 5.27. The highest BCUT2D eigenvalue weighted by molar-refractivity contribution is 5.88. The van der Waals surface area contributed by atoms with Crippen molar-refractivity contribution in [2.75, 3.05) is 0 Å². The zero-order chi connectivity index (χ0) is 15.6. The monoisotopic (exact) mass is 300 g/mol. The number of aromatic nitrogens is 2. The van der Waals surface area contributed by atoms with Gasteiger partial charge in [0.15, 0.2) is 0 Å². The lowest BCUT2D eigenvalue weighted by Gasteiger charge is -2.09. The lowest BCUT2D eigenvalue weighted by molar-refractivity contribution is -0.274. The van der Waals surface area contributed by atoms with Crippen molar-refractivity contribution in [2.45, 2.75) is 6.36 Å². The van der Waals surface area contributed by atoms with Crippen molar-refractivity contribution in [1.82, 2.24) is 10.2 Å². The Bertz CT molecular complexity index is 723. The van der Waals surface area contributed by atoms with Crippen LogP contribution in [0, 0.1) is 0 Å². The summed E-state index contributed by atoms with van der Waals surface area (Å²) in [5, 5.41) is 14.5. The van der Waals surface area contributed by atoms with E-state index in [0.717, 1.165) is 18.2 Å². The van der Waals surface area contributed by atoms with Gasteiger partial charge in [-0.25, -0.2) is 9.89 Å². The first-order valence-corrected chi connectivity index (χ1v) is 5.45. The molecule has 2 aromatic rings. The molecule has 1 aromatic heterocycles. The van der Waals surface area contributed by atoms with Crippen molar-refractivity contribution >= 4 is 5.97 Å². The van der Waals surface area contributed by atoms with E-state index in [1.807, 2.05) is 5.10 Å². The second-order valence-electron chi connectivity index (χ2n) is 3.87. The van der Waals surface area contributed by atoms with Gasteiger partial charge < -0.3 is 9.84 Å². The summed E-state index contributed by atoms with van der Waals surface area (Å²) in [6.07, 6.45) is -4.80. The molecule has 110 valence electrons. The third kappa shape index (κ3) is 3.59. The van der Waals surface area contributed by atoms with Gasteiger partial charge in [-0.05, 0) is 30.3 Å². The van der Waals surface area contributed by atoms with Crippen molar-refractivity contribution in [1.29, 1.82) is 0 Å². The number of hydrogen-bond donors (Lipinski definition) is 2. The summed E-state index contributed by atoms with van der Waals surface area (Å²) in [6, 6.07) is 5.65. The molecule has 0 atom stereocenters. The van der Waals surface area contributed by atoms with E-state index >= 15 is 0 Å². The fourth-order valence-electron chi connectivity index (χ4n) is 1.54. The van der Waals surface area contributed by atoms with Crippen LogP contribution in [0.1, 0.15) is 10.4 Å². The number of nitrogens with zero attached hydrogens (tertiary/aromatic N) is 1. The molecule has 2 rings (SSSR count). The summed E-state index contributed by atoms with van der Waals surface area (Å²) in [5.74, 6) is -1.86. The molecule has 9 heteroatoms. The number of benzene rings is 1. The quantitative estimate of drug-likeness (QED) is 0.905. The standard InChI is InChI=1S/C12H7F3N2O4/c13-12(14,15)21-7-3-1-6(2-4-7)9-5-8(11(19)20)10(18)17-16-9/h1-5H,(H,17,18)(H,19,20). The first kappa shape index (κ1) is 14.6. The normalized spacial score (nSPS) is 11.2. The first-order chi connectivity index (χ1) is 9.76. The molecule has 0 bridgehead atoms. The van der Waals surface area contributed by atoms with Gasteiger partial charge in [-0.3, -0.25) is 4.79 Å². The molecule has 0 radical (unpaired) electrons. The fourth-order valence-corrected chi connectivity index (χ4v) is 1.54. The Kier molecular flexibility index (Phi) is 3.66. The maximum Gasteiger partial charge on any atom is 0.573 e. The van der Waals surface area contributed by atoms with Gasteiger partial charge >= 0.3 is 12.3 Å². The second-order valence-corrected chi connectivity index (χ2v) is 3.87. The number of hydrogen-bond acceptors (Lipinski definition) is 4. The number of rotatable bonds is 3. The molecule has 0 unspecified atom stereocenters. The van der Waals surface area contributed by atoms with E-state index in [1.54, 1.807) is 0 Å². The van der Waals surface area contributed by atoms with Crippen LogP contribution in [0.25, 0.3) is 11.3 Å². The van der Waals surface area contributed by atoms with Gasteiger partial charge in [0.25, 0.3) is 5.56 Å². The zero-order valence-corrected chi connectivity index (χ0v) is 10.1. The summed E-state index contributed by atoms with van der Waals surface area (Å²) in [4.78, 5) is 22.0. The number of carbonyl (C=O) groups is 1. The van der Waals surface area contributed by atoms with Crippen LogP contribution in [0.5, 0.6) is 5.75 Å². The lowest BCUT2D eigenvalue weighted by atomic mass is 10.1. The molecule has 6 nitrogen and oxygen atoms in total. The molecule has 1 heterocycles. The summed E-state index contributed by atoms with van der Waals surface area (Å²) < 4.78 is 39.7. The number of nitrogens with one attached hydrogen (secondary N) is 1. The van der Waals surface area contributed by atoms with Crippen LogP contribution in [-0.2, 0) is 0 Å². The molecule has 0 amide bonds. The van der Waals surface area contributed by atoms with Gasteiger partial charge in [-0.2, -0.15) is 5.10 Å². The Morgan fingerprint density at radius 3 is 2.38 bits per heavy atom. The minimum atomic E-state index is -4.80. The van der Waals surface area contributed by atoms with Gasteiger partial charge in [-0.1, -0.05) is 0 Å². The molecular weight excluding hydrogens is 293 g/mol. The molecule has 0 aliphatic heterocycles. The predicted molar refractivity (Wildman–Crippen MR) is 63.9 cm³/mol. The number of carboxylic acid groups (broad SMARTS) is 1. The molecule has 0 fully saturated rings. The van der Waals surface area contributed by atoms with Crippen molar-refractivity contribution < 1.29 is 27.8 Å². The number of halogens is 3. The predicted octanol–water partition coefficient (Wildman–Crippen LogP) is 2.03. The molecule has 0 aliphatic rings. The highest BCUT2D eigenvalue weighted by atomic mass is 19.4. The van der Waals surface area contributed by atoms with E-state index in [4.69, 9.17) is 5.11 Å². The highest BCUT2D eigenvalue weighted by Crippen LogP contribution is 2.25. The Labute approximate surface area is 114 Å². The van der Waals surface area contributed by atoms with Crippen LogP contribution in [0.4, 0.5) is 13.2 Å². The minimum absolute atomic E-state index is 0.102. The van der Waals surface area contributed by atoms with Crippen LogP contribution in [-0.4, -0.2) is 27.6 Å². The van der Waals surface area contributed by atoms with Gasteiger partial charge in [-0.15, -0.1) is 13.2 Å². The Hall–Kier alpha value is -2.84. The Balaban J connectivity index is 2.33. The first-order valence-electron chi connectivity index (χ1n) is 5.45. The van der Waals surface area contributed by atoms with E-state index in [2.05, 4.69) is 9.84 Å². The summed E-state index contributed by atoms with van der Waals surface area (Å²) in [6.45, 7) is 0. The maximum absolute atomic E-state index is 12.0. The molecule has 2 N–H and O–H groups in total.